The molecule has 0 saturated carbocycles. The van der Waals surface area contributed by atoms with Gasteiger partial charge in [-0.25, -0.2) is 9.69 Å². The van der Waals surface area contributed by atoms with Crippen molar-refractivity contribution in [3.63, 3.8) is 0 Å². The highest BCUT2D eigenvalue weighted by atomic mass is 127. The molecule has 1 saturated heterocycles. The van der Waals surface area contributed by atoms with E-state index in [0.717, 1.165) is 26.8 Å². The molecule has 1 aliphatic rings. The third-order valence-corrected chi connectivity index (χ3v) is 4.55. The van der Waals surface area contributed by atoms with Crippen molar-refractivity contribution in [2.75, 3.05) is 4.90 Å². The topological polar surface area (TPSA) is 78.8 Å². The Morgan fingerprint density at radius 1 is 1.07 bits per heavy atom. The lowest BCUT2D eigenvalue weighted by molar-refractivity contribution is -0.137. The van der Waals surface area contributed by atoms with Crippen molar-refractivity contribution in [2.24, 2.45) is 10.9 Å². The molecule has 144 valence electrons. The molecule has 0 radical (unpaired) electrons. The number of benzene rings is 2. The van der Waals surface area contributed by atoms with Crippen LogP contribution in [0, 0.1) is 9.49 Å². The highest BCUT2D eigenvalue weighted by molar-refractivity contribution is 14.1. The Labute approximate surface area is 170 Å². The number of hydrogen-bond donors (Lipinski definition) is 1. The van der Waals surface area contributed by atoms with Gasteiger partial charge >= 0.3 is 12.2 Å². The van der Waals surface area contributed by atoms with Crippen LogP contribution in [0.1, 0.15) is 5.56 Å². The quantitative estimate of drug-likeness (QED) is 0.394. The second-order valence-corrected chi connectivity index (χ2v) is 6.99. The molecule has 0 bridgehead atoms. The van der Waals surface area contributed by atoms with Gasteiger partial charge in [0.05, 0.1) is 16.9 Å². The second kappa shape index (κ2) is 7.70. The van der Waals surface area contributed by atoms with E-state index in [9.17, 15) is 27.6 Å². The molecule has 2 aromatic rings. The predicted octanol–water partition coefficient (Wildman–Crippen LogP) is 3.91. The number of nitrogens with zero attached hydrogens (tertiary/aromatic N) is 2. The SMILES string of the molecule is O=C1NC(=O)N(c2ccc(I)cc2)C(=O)[C@@H]1C=Nc1cccc(C(F)(F)F)c1. The summed E-state index contributed by atoms with van der Waals surface area (Å²) in [5, 5.41) is 2.05. The van der Waals surface area contributed by atoms with Gasteiger partial charge in [-0.05, 0) is 65.1 Å². The Kier molecular flexibility index (Phi) is 5.49. The smallest absolute Gasteiger partial charge is 0.276 e. The molecule has 10 heteroatoms. The minimum Gasteiger partial charge on any atom is -0.276 e. The monoisotopic (exact) mass is 501 g/mol. The van der Waals surface area contributed by atoms with Gasteiger partial charge < -0.3 is 0 Å². The van der Waals surface area contributed by atoms with Crippen LogP contribution in [0.4, 0.5) is 29.3 Å². The first-order valence-electron chi connectivity index (χ1n) is 7.82. The fourth-order valence-corrected chi connectivity index (χ4v) is 2.84. The molecular weight excluding hydrogens is 490 g/mol. The van der Waals surface area contributed by atoms with Crippen molar-refractivity contribution in [3.8, 4) is 0 Å². The molecule has 0 unspecified atom stereocenters. The summed E-state index contributed by atoms with van der Waals surface area (Å²) in [6.45, 7) is 0. The zero-order valence-electron chi connectivity index (χ0n) is 13.9. The summed E-state index contributed by atoms with van der Waals surface area (Å²) in [5.74, 6) is -3.19. The molecule has 1 heterocycles. The average Bonchev–Trinajstić information content (AvgIpc) is 2.62. The minimum absolute atomic E-state index is 0.0758. The highest BCUT2D eigenvalue weighted by Gasteiger charge is 2.40. The fraction of sp³-hybridized carbons (Fsp3) is 0.111. The number of carbonyl (C=O) groups is 3. The van der Waals surface area contributed by atoms with Crippen LogP contribution in [-0.4, -0.2) is 24.1 Å². The number of anilines is 1. The van der Waals surface area contributed by atoms with Crippen LogP contribution in [-0.2, 0) is 15.8 Å². The number of nitrogens with one attached hydrogen (secondary N) is 1. The maximum absolute atomic E-state index is 12.8. The number of urea groups is 1. The summed E-state index contributed by atoms with van der Waals surface area (Å²) in [6, 6.07) is 9.68. The molecule has 0 spiro atoms. The predicted molar refractivity (Wildman–Crippen MR) is 103 cm³/mol. The molecular formula is C18H11F3IN3O3. The van der Waals surface area contributed by atoms with Crippen LogP contribution in [0.15, 0.2) is 53.5 Å². The van der Waals surface area contributed by atoms with E-state index in [1.54, 1.807) is 12.1 Å². The van der Waals surface area contributed by atoms with Crippen molar-refractivity contribution >= 4 is 58.0 Å². The number of aliphatic imine (C=N–C) groups is 1. The van der Waals surface area contributed by atoms with Crippen LogP contribution in [0.5, 0.6) is 0 Å². The maximum atomic E-state index is 12.8. The van der Waals surface area contributed by atoms with Crippen LogP contribution >= 0.6 is 22.6 Å². The number of rotatable bonds is 3. The Morgan fingerprint density at radius 3 is 2.39 bits per heavy atom. The van der Waals surface area contributed by atoms with E-state index in [1.807, 2.05) is 5.32 Å². The van der Waals surface area contributed by atoms with E-state index in [0.29, 0.717) is 0 Å². The molecule has 1 N–H and O–H groups in total. The zero-order valence-corrected chi connectivity index (χ0v) is 16.1. The van der Waals surface area contributed by atoms with Gasteiger partial charge in [-0.15, -0.1) is 0 Å². The minimum atomic E-state index is -4.54. The van der Waals surface area contributed by atoms with E-state index in [4.69, 9.17) is 0 Å². The van der Waals surface area contributed by atoms with Crippen LogP contribution in [0.3, 0.4) is 0 Å². The summed E-state index contributed by atoms with van der Waals surface area (Å²) in [7, 11) is 0. The van der Waals surface area contributed by atoms with Gasteiger partial charge in [-0.3, -0.25) is 19.9 Å². The molecule has 6 nitrogen and oxygen atoms in total. The van der Waals surface area contributed by atoms with Crippen molar-refractivity contribution < 1.29 is 27.6 Å². The molecule has 2 aromatic carbocycles. The third-order valence-electron chi connectivity index (χ3n) is 3.83. The lowest BCUT2D eigenvalue weighted by atomic mass is 10.1. The van der Waals surface area contributed by atoms with Gasteiger partial charge in [-0.1, -0.05) is 6.07 Å². The number of amides is 4. The van der Waals surface area contributed by atoms with Crippen molar-refractivity contribution in [1.82, 2.24) is 5.32 Å². The molecule has 28 heavy (non-hydrogen) atoms. The molecule has 0 aromatic heterocycles. The van der Waals surface area contributed by atoms with Gasteiger partial charge in [0.15, 0.2) is 5.92 Å². The number of alkyl halides is 3. The Morgan fingerprint density at radius 2 is 1.75 bits per heavy atom. The van der Waals surface area contributed by atoms with Crippen molar-refractivity contribution in [2.45, 2.75) is 6.18 Å². The normalized spacial score (nSPS) is 17.9. The van der Waals surface area contributed by atoms with E-state index in [1.165, 1.54) is 24.3 Å². The summed E-state index contributed by atoms with van der Waals surface area (Å²) < 4.78 is 39.2. The third kappa shape index (κ3) is 4.21. The summed E-state index contributed by atoms with van der Waals surface area (Å²) in [4.78, 5) is 41.4. The van der Waals surface area contributed by atoms with Gasteiger partial charge in [0, 0.05) is 9.78 Å². The Hall–Kier alpha value is -2.76. The molecule has 1 fully saturated rings. The summed E-state index contributed by atoms with van der Waals surface area (Å²) >= 11 is 2.05. The number of imide groups is 2. The lowest BCUT2D eigenvalue weighted by Crippen LogP contribution is -2.58. The van der Waals surface area contributed by atoms with Crippen molar-refractivity contribution in [3.05, 3.63) is 57.7 Å². The first-order chi connectivity index (χ1) is 13.2. The number of hydrogen-bond acceptors (Lipinski definition) is 4. The number of carbonyl (C=O) groups excluding carboxylic acids is 3. The largest absolute Gasteiger partial charge is 0.416 e. The van der Waals surface area contributed by atoms with E-state index in [2.05, 4.69) is 27.6 Å². The van der Waals surface area contributed by atoms with Crippen LogP contribution in [0.2, 0.25) is 0 Å². The number of halogens is 4. The van der Waals surface area contributed by atoms with E-state index >= 15 is 0 Å². The fourth-order valence-electron chi connectivity index (χ4n) is 2.48. The standard InChI is InChI=1S/C18H11F3IN3O3/c19-18(20,21)10-2-1-3-12(8-10)23-9-14-15(26)24-17(28)25(16(14)27)13-6-4-11(22)5-7-13/h1-9,14H,(H,24,26,28)/t14-/m1/s1. The Balaban J connectivity index is 1.88. The molecule has 4 amide bonds. The summed E-state index contributed by atoms with van der Waals surface area (Å²) in [5.41, 5.74) is -0.724. The summed E-state index contributed by atoms with van der Waals surface area (Å²) in [6.07, 6.45) is -3.61. The number of barbiturate groups is 1. The van der Waals surface area contributed by atoms with Gasteiger partial charge in [0.2, 0.25) is 5.91 Å². The average molecular weight is 501 g/mol. The second-order valence-electron chi connectivity index (χ2n) is 5.75. The van der Waals surface area contributed by atoms with Gasteiger partial charge in [-0.2, -0.15) is 13.2 Å². The highest BCUT2D eigenvalue weighted by Crippen LogP contribution is 2.31. The molecule has 0 aliphatic carbocycles. The first-order valence-corrected chi connectivity index (χ1v) is 8.90. The lowest BCUT2D eigenvalue weighted by Gasteiger charge is -2.28. The van der Waals surface area contributed by atoms with Gasteiger partial charge in [0.25, 0.3) is 5.91 Å². The zero-order chi connectivity index (χ0) is 20.5. The molecule has 1 atom stereocenters. The van der Waals surface area contributed by atoms with Crippen LogP contribution < -0.4 is 10.2 Å². The van der Waals surface area contributed by atoms with Crippen LogP contribution in [0.25, 0.3) is 0 Å². The van der Waals surface area contributed by atoms with E-state index in [-0.39, 0.29) is 11.4 Å². The first kappa shape index (κ1) is 20.0. The maximum Gasteiger partial charge on any atom is 0.416 e. The van der Waals surface area contributed by atoms with Gasteiger partial charge in [0.1, 0.15) is 0 Å². The molecule has 3 rings (SSSR count). The van der Waals surface area contributed by atoms with Crippen molar-refractivity contribution in [1.29, 1.82) is 0 Å². The van der Waals surface area contributed by atoms with E-state index < -0.39 is 35.5 Å². The Bertz CT molecular complexity index is 974. The molecule has 1 aliphatic heterocycles.